The van der Waals surface area contributed by atoms with Gasteiger partial charge >= 0.3 is 6.09 Å². The fourth-order valence-corrected chi connectivity index (χ4v) is 3.23. The molecule has 3 aliphatic rings. The zero-order valence-electron chi connectivity index (χ0n) is 12.0. The highest BCUT2D eigenvalue weighted by atomic mass is 16.6. The molecule has 1 N–H and O–H groups in total. The van der Waals surface area contributed by atoms with Crippen LogP contribution in [-0.4, -0.2) is 64.3 Å². The molecule has 0 aromatic carbocycles. The van der Waals surface area contributed by atoms with Gasteiger partial charge in [0.05, 0.1) is 13.1 Å². The minimum Gasteiger partial charge on any atom is -0.439 e. The second kappa shape index (κ2) is 4.22. The predicted octanol–water partition coefficient (Wildman–Crippen LogP) is 0.954. The summed E-state index contributed by atoms with van der Waals surface area (Å²) in [7, 11) is 1.72. The summed E-state index contributed by atoms with van der Waals surface area (Å²) in [5.41, 5.74) is 0.989. The van der Waals surface area contributed by atoms with E-state index in [4.69, 9.17) is 4.74 Å². The molecule has 3 fully saturated rings. The minimum absolute atomic E-state index is 0.0828. The van der Waals surface area contributed by atoms with E-state index in [0.29, 0.717) is 37.7 Å². The van der Waals surface area contributed by atoms with Gasteiger partial charge in [-0.15, -0.1) is 0 Å². The van der Waals surface area contributed by atoms with E-state index in [1.165, 1.54) is 12.8 Å². The molecule has 1 spiro atoms. The molecule has 0 radical (unpaired) electrons. The quantitative estimate of drug-likeness (QED) is 0.879. The monoisotopic (exact) mass is 290 g/mol. The van der Waals surface area contributed by atoms with Crippen LogP contribution in [0.1, 0.15) is 41.4 Å². The number of aromatic nitrogens is 2. The van der Waals surface area contributed by atoms with Gasteiger partial charge in [-0.25, -0.2) is 4.79 Å². The van der Waals surface area contributed by atoms with Crippen molar-refractivity contribution < 1.29 is 14.3 Å². The molecule has 3 heterocycles. The zero-order valence-corrected chi connectivity index (χ0v) is 12.0. The first kappa shape index (κ1) is 12.7. The first-order valence-corrected chi connectivity index (χ1v) is 7.35. The third kappa shape index (κ3) is 2.07. The highest BCUT2D eigenvalue weighted by Crippen LogP contribution is 2.39. The minimum atomic E-state index is -0.531. The van der Waals surface area contributed by atoms with E-state index < -0.39 is 5.60 Å². The first-order valence-electron chi connectivity index (χ1n) is 7.35. The Balaban J connectivity index is 1.47. The fraction of sp³-hybridized carbons (Fsp3) is 0.643. The molecule has 2 saturated heterocycles. The van der Waals surface area contributed by atoms with E-state index in [2.05, 4.69) is 10.2 Å². The number of likely N-dealkylation sites (tertiary alicyclic amines) is 1. The molecule has 1 aromatic rings. The summed E-state index contributed by atoms with van der Waals surface area (Å²) in [6.45, 7) is 1.60. The molecular weight excluding hydrogens is 272 g/mol. The number of ether oxygens (including phenoxy) is 1. The van der Waals surface area contributed by atoms with Crippen molar-refractivity contribution in [2.75, 3.05) is 26.7 Å². The summed E-state index contributed by atoms with van der Waals surface area (Å²) in [5, 5.41) is 7.09. The van der Waals surface area contributed by atoms with Gasteiger partial charge in [0.2, 0.25) is 0 Å². The number of nitrogens with zero attached hydrogens (tertiary/aromatic N) is 3. The average Bonchev–Trinajstić information content (AvgIpc) is 2.94. The second-order valence-corrected chi connectivity index (χ2v) is 6.37. The molecule has 21 heavy (non-hydrogen) atoms. The van der Waals surface area contributed by atoms with E-state index in [9.17, 15) is 9.59 Å². The number of amides is 2. The lowest BCUT2D eigenvalue weighted by atomic mass is 10.0. The van der Waals surface area contributed by atoms with Gasteiger partial charge in [0.15, 0.2) is 5.60 Å². The lowest BCUT2D eigenvalue weighted by molar-refractivity contribution is 0.0550. The van der Waals surface area contributed by atoms with Crippen molar-refractivity contribution in [3.63, 3.8) is 0 Å². The van der Waals surface area contributed by atoms with Crippen LogP contribution < -0.4 is 0 Å². The Labute approximate surface area is 122 Å². The Morgan fingerprint density at radius 3 is 2.95 bits per heavy atom. The Kier molecular flexibility index (Phi) is 2.55. The van der Waals surface area contributed by atoms with E-state index in [1.54, 1.807) is 16.8 Å². The van der Waals surface area contributed by atoms with Gasteiger partial charge in [-0.1, -0.05) is 0 Å². The van der Waals surface area contributed by atoms with Crippen LogP contribution in [0.5, 0.6) is 0 Å². The van der Waals surface area contributed by atoms with Crippen LogP contribution in [0.3, 0.4) is 0 Å². The number of nitrogens with one attached hydrogen (secondary N) is 1. The standard InChI is InChI=1S/C14H18N4O3/c1-17-7-14(21-13(17)20)4-5-18(8-14)12(19)11-6-10(15-16-11)9-2-3-9/h6,9H,2-5,7-8H2,1H3,(H,15,16)/t14-/m0/s1. The Morgan fingerprint density at radius 2 is 2.29 bits per heavy atom. The lowest BCUT2D eigenvalue weighted by Gasteiger charge is -2.21. The lowest BCUT2D eigenvalue weighted by Crippen LogP contribution is -2.39. The maximum absolute atomic E-state index is 12.5. The van der Waals surface area contributed by atoms with Crippen molar-refractivity contribution in [3.8, 4) is 0 Å². The van der Waals surface area contributed by atoms with Gasteiger partial charge in [0, 0.05) is 31.6 Å². The molecule has 7 heteroatoms. The van der Waals surface area contributed by atoms with Crippen LogP contribution in [0.2, 0.25) is 0 Å². The predicted molar refractivity (Wildman–Crippen MR) is 72.9 cm³/mol. The van der Waals surface area contributed by atoms with Crippen LogP contribution in [-0.2, 0) is 4.74 Å². The molecule has 112 valence electrons. The summed E-state index contributed by atoms with van der Waals surface area (Å²) >= 11 is 0. The van der Waals surface area contributed by atoms with Gasteiger partial charge in [0.25, 0.3) is 5.91 Å². The first-order chi connectivity index (χ1) is 10.1. The smallest absolute Gasteiger partial charge is 0.410 e. The molecule has 2 amide bonds. The van der Waals surface area contributed by atoms with E-state index in [1.807, 2.05) is 6.07 Å². The zero-order chi connectivity index (χ0) is 14.6. The Morgan fingerprint density at radius 1 is 1.48 bits per heavy atom. The Hall–Kier alpha value is -2.05. The Bertz CT molecular complexity index is 609. The van der Waals surface area contributed by atoms with Crippen molar-refractivity contribution in [3.05, 3.63) is 17.5 Å². The van der Waals surface area contributed by atoms with E-state index >= 15 is 0 Å². The third-order valence-electron chi connectivity index (χ3n) is 4.58. The molecule has 0 unspecified atom stereocenters. The second-order valence-electron chi connectivity index (χ2n) is 6.37. The number of hydrogen-bond acceptors (Lipinski definition) is 4. The van der Waals surface area contributed by atoms with E-state index in [0.717, 1.165) is 5.69 Å². The molecule has 1 aromatic heterocycles. The van der Waals surface area contributed by atoms with Crippen LogP contribution in [0.15, 0.2) is 6.07 Å². The number of hydrogen-bond donors (Lipinski definition) is 1. The summed E-state index contributed by atoms with van der Waals surface area (Å²) < 4.78 is 5.46. The maximum atomic E-state index is 12.5. The number of H-pyrrole nitrogens is 1. The van der Waals surface area contributed by atoms with Gasteiger partial charge in [-0.05, 0) is 18.9 Å². The molecule has 4 rings (SSSR count). The largest absolute Gasteiger partial charge is 0.439 e. The normalized spacial score (nSPS) is 28.5. The molecule has 1 saturated carbocycles. The van der Waals surface area contributed by atoms with Gasteiger partial charge in [-0.3, -0.25) is 9.89 Å². The average molecular weight is 290 g/mol. The van der Waals surface area contributed by atoms with Crippen molar-refractivity contribution in [2.24, 2.45) is 0 Å². The number of carbonyl (C=O) groups is 2. The fourth-order valence-electron chi connectivity index (χ4n) is 3.23. The van der Waals surface area contributed by atoms with Crippen LogP contribution in [0, 0.1) is 0 Å². The number of rotatable bonds is 2. The molecular formula is C14H18N4O3. The molecule has 0 bridgehead atoms. The third-order valence-corrected chi connectivity index (χ3v) is 4.58. The molecule has 1 atom stereocenters. The number of aromatic amines is 1. The summed E-state index contributed by atoms with van der Waals surface area (Å²) in [5.74, 6) is 0.467. The maximum Gasteiger partial charge on any atom is 0.410 e. The summed E-state index contributed by atoms with van der Waals surface area (Å²) in [6.07, 6.45) is 2.73. The van der Waals surface area contributed by atoms with E-state index in [-0.39, 0.29) is 12.0 Å². The summed E-state index contributed by atoms with van der Waals surface area (Å²) in [4.78, 5) is 27.3. The van der Waals surface area contributed by atoms with Gasteiger partial charge in [0.1, 0.15) is 5.69 Å². The molecule has 2 aliphatic heterocycles. The highest BCUT2D eigenvalue weighted by molar-refractivity contribution is 5.92. The molecule has 1 aliphatic carbocycles. The molecule has 7 nitrogen and oxygen atoms in total. The van der Waals surface area contributed by atoms with Crippen LogP contribution in [0.4, 0.5) is 4.79 Å². The van der Waals surface area contributed by atoms with Crippen molar-refractivity contribution in [2.45, 2.75) is 30.8 Å². The number of carbonyl (C=O) groups excluding carboxylic acids is 2. The highest BCUT2D eigenvalue weighted by Gasteiger charge is 2.49. The summed E-state index contributed by atoms with van der Waals surface area (Å²) in [6, 6.07) is 1.86. The SMILES string of the molecule is CN1C[C@]2(CCN(C(=O)c3cc(C4CC4)[nH]n3)C2)OC1=O. The van der Waals surface area contributed by atoms with Crippen LogP contribution >= 0.6 is 0 Å². The van der Waals surface area contributed by atoms with Crippen molar-refractivity contribution in [1.82, 2.24) is 20.0 Å². The topological polar surface area (TPSA) is 78.5 Å². The van der Waals surface area contributed by atoms with Crippen molar-refractivity contribution >= 4 is 12.0 Å². The van der Waals surface area contributed by atoms with Gasteiger partial charge < -0.3 is 14.5 Å². The van der Waals surface area contributed by atoms with Crippen LogP contribution in [0.25, 0.3) is 0 Å². The van der Waals surface area contributed by atoms with Gasteiger partial charge in [-0.2, -0.15) is 5.10 Å². The number of likely N-dealkylation sites (N-methyl/N-ethyl adjacent to an activating group) is 1. The van der Waals surface area contributed by atoms with Crippen molar-refractivity contribution in [1.29, 1.82) is 0 Å².